The summed E-state index contributed by atoms with van der Waals surface area (Å²) in [4.78, 5) is 13.3. The van der Waals surface area contributed by atoms with Gasteiger partial charge in [-0.15, -0.1) is 0 Å². The topological polar surface area (TPSA) is 72.8 Å². The van der Waals surface area contributed by atoms with Crippen LogP contribution in [0.15, 0.2) is 34.8 Å². The molecule has 1 N–H and O–H groups in total. The highest BCUT2D eigenvalue weighted by Gasteiger charge is 2.14. The number of rotatable bonds is 3. The van der Waals surface area contributed by atoms with Crippen LogP contribution in [-0.2, 0) is 0 Å². The highest BCUT2D eigenvalue weighted by atomic mass is 79.9. The summed E-state index contributed by atoms with van der Waals surface area (Å²) in [6.45, 7) is 0.0471. The van der Waals surface area contributed by atoms with Crippen LogP contribution in [0.4, 0.5) is 0 Å². The number of benzene rings is 1. The Morgan fingerprint density at radius 2 is 2.16 bits per heavy atom. The van der Waals surface area contributed by atoms with Crippen molar-refractivity contribution in [1.82, 2.24) is 15.1 Å². The van der Waals surface area contributed by atoms with Crippen LogP contribution in [0.3, 0.4) is 0 Å². The van der Waals surface area contributed by atoms with Gasteiger partial charge in [0.1, 0.15) is 12.2 Å². The molecule has 0 unspecified atom stereocenters. The standard InChI is InChI=1S/C13H11BrN4O/c1-18(7-6-15)13(19)12-8-11(16-17-12)9-2-4-10(14)5-3-9/h2-5,8H,7H2,1H3,(H,16,17). The number of hydrogen-bond acceptors (Lipinski definition) is 3. The fourth-order valence-corrected chi connectivity index (χ4v) is 1.85. The Morgan fingerprint density at radius 1 is 1.47 bits per heavy atom. The molecular weight excluding hydrogens is 308 g/mol. The van der Waals surface area contributed by atoms with E-state index in [1.54, 1.807) is 13.1 Å². The largest absolute Gasteiger partial charge is 0.327 e. The number of nitriles is 1. The van der Waals surface area contributed by atoms with Gasteiger partial charge in [0.15, 0.2) is 0 Å². The van der Waals surface area contributed by atoms with Crippen LogP contribution in [0.25, 0.3) is 11.3 Å². The van der Waals surface area contributed by atoms with Crippen molar-refractivity contribution in [2.45, 2.75) is 0 Å². The lowest BCUT2D eigenvalue weighted by Gasteiger charge is -2.10. The number of hydrogen-bond donors (Lipinski definition) is 1. The number of nitrogens with zero attached hydrogens (tertiary/aromatic N) is 3. The first-order valence-electron chi connectivity index (χ1n) is 5.55. The highest BCUT2D eigenvalue weighted by molar-refractivity contribution is 9.10. The van der Waals surface area contributed by atoms with Crippen LogP contribution in [0, 0.1) is 11.3 Å². The third-order valence-electron chi connectivity index (χ3n) is 2.60. The van der Waals surface area contributed by atoms with Gasteiger partial charge in [-0.1, -0.05) is 28.1 Å². The average Bonchev–Trinajstić information content (AvgIpc) is 2.88. The molecule has 0 radical (unpaired) electrons. The second-order valence-electron chi connectivity index (χ2n) is 3.99. The molecule has 1 aromatic heterocycles. The van der Waals surface area contributed by atoms with Crippen molar-refractivity contribution in [3.05, 3.63) is 40.5 Å². The molecule has 6 heteroatoms. The number of H-pyrrole nitrogens is 1. The molecule has 0 aliphatic rings. The van der Waals surface area contributed by atoms with E-state index in [2.05, 4.69) is 26.1 Å². The Hall–Kier alpha value is -2.13. The van der Waals surface area contributed by atoms with Gasteiger partial charge >= 0.3 is 0 Å². The second kappa shape index (κ2) is 5.67. The van der Waals surface area contributed by atoms with E-state index < -0.39 is 0 Å². The first-order chi connectivity index (χ1) is 9.11. The molecule has 0 saturated heterocycles. The van der Waals surface area contributed by atoms with Crippen LogP contribution in [0.1, 0.15) is 10.5 Å². The number of halogens is 1. The first kappa shape index (κ1) is 13.3. The van der Waals surface area contributed by atoms with Gasteiger partial charge in [-0.05, 0) is 18.2 Å². The minimum atomic E-state index is -0.252. The molecule has 96 valence electrons. The molecule has 0 bridgehead atoms. The van der Waals surface area contributed by atoms with Crippen molar-refractivity contribution >= 4 is 21.8 Å². The highest BCUT2D eigenvalue weighted by Crippen LogP contribution is 2.20. The van der Waals surface area contributed by atoms with Crippen molar-refractivity contribution in [3.8, 4) is 17.3 Å². The maximum absolute atomic E-state index is 11.9. The molecule has 0 aliphatic carbocycles. The Balaban J connectivity index is 2.22. The molecule has 0 spiro atoms. The average molecular weight is 319 g/mol. The molecule has 1 aromatic carbocycles. The third kappa shape index (κ3) is 3.01. The first-order valence-corrected chi connectivity index (χ1v) is 6.35. The van der Waals surface area contributed by atoms with Crippen molar-refractivity contribution in [2.75, 3.05) is 13.6 Å². The van der Waals surface area contributed by atoms with Gasteiger partial charge in [0.05, 0.1) is 11.8 Å². The summed E-state index contributed by atoms with van der Waals surface area (Å²) in [5.74, 6) is -0.252. The van der Waals surface area contributed by atoms with Gasteiger partial charge in [0.25, 0.3) is 5.91 Å². The zero-order chi connectivity index (χ0) is 13.8. The predicted octanol–water partition coefficient (Wildman–Crippen LogP) is 2.43. The van der Waals surface area contributed by atoms with Crippen LogP contribution in [0.2, 0.25) is 0 Å². The van der Waals surface area contributed by atoms with E-state index in [4.69, 9.17) is 5.26 Å². The number of amides is 1. The normalized spacial score (nSPS) is 9.95. The van der Waals surface area contributed by atoms with E-state index in [0.29, 0.717) is 11.4 Å². The summed E-state index contributed by atoms with van der Waals surface area (Å²) < 4.78 is 0.983. The number of aromatic amines is 1. The molecule has 19 heavy (non-hydrogen) atoms. The zero-order valence-corrected chi connectivity index (χ0v) is 11.8. The van der Waals surface area contributed by atoms with Crippen molar-refractivity contribution in [3.63, 3.8) is 0 Å². The minimum Gasteiger partial charge on any atom is -0.327 e. The number of nitrogens with one attached hydrogen (secondary N) is 1. The fourth-order valence-electron chi connectivity index (χ4n) is 1.58. The van der Waals surface area contributed by atoms with Gasteiger partial charge in [-0.25, -0.2) is 0 Å². The SMILES string of the molecule is CN(CC#N)C(=O)c1cc(-c2ccc(Br)cc2)n[nH]1. The van der Waals surface area contributed by atoms with E-state index in [0.717, 1.165) is 10.0 Å². The van der Waals surface area contributed by atoms with Crippen LogP contribution < -0.4 is 0 Å². The van der Waals surface area contributed by atoms with E-state index in [-0.39, 0.29) is 12.5 Å². The molecule has 0 atom stereocenters. The summed E-state index contributed by atoms with van der Waals surface area (Å²) in [6, 6.07) is 11.2. The Morgan fingerprint density at radius 3 is 2.79 bits per heavy atom. The van der Waals surface area contributed by atoms with E-state index >= 15 is 0 Å². The number of carbonyl (C=O) groups is 1. The summed E-state index contributed by atoms with van der Waals surface area (Å²) >= 11 is 3.36. The summed E-state index contributed by atoms with van der Waals surface area (Å²) in [6.07, 6.45) is 0. The van der Waals surface area contributed by atoms with Crippen LogP contribution in [-0.4, -0.2) is 34.6 Å². The minimum absolute atomic E-state index is 0.0471. The van der Waals surface area contributed by atoms with E-state index in [1.165, 1.54) is 4.90 Å². The zero-order valence-electron chi connectivity index (χ0n) is 10.2. The van der Waals surface area contributed by atoms with Gasteiger partial charge in [0.2, 0.25) is 0 Å². The lowest BCUT2D eigenvalue weighted by atomic mass is 10.1. The molecule has 1 heterocycles. The maximum atomic E-state index is 11.9. The number of carbonyl (C=O) groups excluding carboxylic acids is 1. The lowest BCUT2D eigenvalue weighted by molar-refractivity contribution is 0.0806. The van der Waals surface area contributed by atoms with Crippen LogP contribution in [0.5, 0.6) is 0 Å². The molecular formula is C13H11BrN4O. The third-order valence-corrected chi connectivity index (χ3v) is 3.13. The Labute approximate surface area is 119 Å². The maximum Gasteiger partial charge on any atom is 0.272 e. The Bertz CT molecular complexity index is 627. The fraction of sp³-hybridized carbons (Fsp3) is 0.154. The predicted molar refractivity (Wildman–Crippen MR) is 74.3 cm³/mol. The van der Waals surface area contributed by atoms with Crippen molar-refractivity contribution < 1.29 is 4.79 Å². The van der Waals surface area contributed by atoms with Gasteiger partial charge in [0, 0.05) is 17.1 Å². The number of aromatic nitrogens is 2. The molecule has 2 rings (SSSR count). The van der Waals surface area contributed by atoms with Crippen LogP contribution >= 0.6 is 15.9 Å². The van der Waals surface area contributed by atoms with E-state index in [1.807, 2.05) is 30.3 Å². The monoisotopic (exact) mass is 318 g/mol. The quantitative estimate of drug-likeness (QED) is 0.883. The molecule has 0 aliphatic heterocycles. The summed E-state index contributed by atoms with van der Waals surface area (Å²) in [7, 11) is 1.58. The van der Waals surface area contributed by atoms with Crippen molar-refractivity contribution in [1.29, 1.82) is 5.26 Å². The molecule has 0 fully saturated rings. The molecule has 2 aromatic rings. The smallest absolute Gasteiger partial charge is 0.272 e. The summed E-state index contributed by atoms with van der Waals surface area (Å²) in [5.41, 5.74) is 1.98. The molecule has 0 saturated carbocycles. The lowest BCUT2D eigenvalue weighted by Crippen LogP contribution is -2.27. The molecule has 5 nitrogen and oxygen atoms in total. The summed E-state index contributed by atoms with van der Waals surface area (Å²) in [5, 5.41) is 15.4. The second-order valence-corrected chi connectivity index (χ2v) is 4.91. The van der Waals surface area contributed by atoms with Gasteiger partial charge in [-0.3, -0.25) is 9.89 Å². The van der Waals surface area contributed by atoms with Crippen molar-refractivity contribution in [2.24, 2.45) is 0 Å². The Kier molecular flexibility index (Phi) is 3.97. The molecule has 1 amide bonds. The van der Waals surface area contributed by atoms with Gasteiger partial charge in [-0.2, -0.15) is 10.4 Å². The van der Waals surface area contributed by atoms with E-state index in [9.17, 15) is 4.79 Å². The van der Waals surface area contributed by atoms with Gasteiger partial charge < -0.3 is 4.90 Å².